The van der Waals surface area contributed by atoms with Crippen LogP contribution in [0.2, 0.25) is 0 Å². The van der Waals surface area contributed by atoms with Crippen LogP contribution in [-0.2, 0) is 23.3 Å². The van der Waals surface area contributed by atoms with Crippen LogP contribution >= 0.6 is 8.38 Å². The van der Waals surface area contributed by atoms with Gasteiger partial charge in [0.05, 0.1) is 26.4 Å². The fraction of sp³-hybridized carbons (Fsp3) is 0.909. The van der Waals surface area contributed by atoms with Gasteiger partial charge in [0.25, 0.3) is 0 Å². The Labute approximate surface area is 104 Å². The van der Waals surface area contributed by atoms with Crippen LogP contribution in [0.3, 0.4) is 0 Å². The van der Waals surface area contributed by atoms with Crippen LogP contribution in [0.1, 0.15) is 27.2 Å². The van der Waals surface area contributed by atoms with Crippen molar-refractivity contribution in [1.82, 2.24) is 0 Å². The zero-order valence-electron chi connectivity index (χ0n) is 10.7. The predicted molar refractivity (Wildman–Crippen MR) is 64.7 cm³/mol. The van der Waals surface area contributed by atoms with Gasteiger partial charge in [-0.25, -0.2) is 0 Å². The molecule has 0 atom stereocenters. The Bertz CT molecular complexity index is 234. The molecule has 0 unspecified atom stereocenters. The maximum absolute atomic E-state index is 10.5. The Hall–Kier alpha value is -0.220. The lowest BCUT2D eigenvalue weighted by Crippen LogP contribution is -2.28. The molecule has 1 fully saturated rings. The fourth-order valence-corrected chi connectivity index (χ4v) is 2.65. The summed E-state index contributed by atoms with van der Waals surface area (Å²) in [5.74, 6) is -0.254. The van der Waals surface area contributed by atoms with Crippen molar-refractivity contribution in [3.8, 4) is 0 Å². The molecule has 100 valence electrons. The van der Waals surface area contributed by atoms with Gasteiger partial charge in [0.1, 0.15) is 6.35 Å². The number of ether oxygens (including phenoxy) is 2. The molecule has 0 spiro atoms. The minimum Gasteiger partial charge on any atom is -0.466 e. The Morgan fingerprint density at radius 3 is 2.53 bits per heavy atom. The Morgan fingerprint density at radius 2 is 1.94 bits per heavy atom. The van der Waals surface area contributed by atoms with Gasteiger partial charge >= 0.3 is 5.97 Å². The lowest BCUT2D eigenvalue weighted by Gasteiger charge is -2.33. The van der Waals surface area contributed by atoms with E-state index < -0.39 is 8.38 Å². The third kappa shape index (κ3) is 6.94. The molecule has 1 rings (SSSR count). The van der Waals surface area contributed by atoms with Crippen LogP contribution < -0.4 is 0 Å². The Kier molecular flexibility index (Phi) is 6.34. The molecule has 0 N–H and O–H groups in total. The SMILES string of the molecule is CC(=O)OCCCOCP1OCC(C)(C)CO1. The number of hydrogen-bond acceptors (Lipinski definition) is 5. The van der Waals surface area contributed by atoms with Crippen molar-refractivity contribution in [3.63, 3.8) is 0 Å². The van der Waals surface area contributed by atoms with Crippen LogP contribution in [0.25, 0.3) is 0 Å². The molecule has 17 heavy (non-hydrogen) atoms. The van der Waals surface area contributed by atoms with E-state index in [1.54, 1.807) is 0 Å². The third-order valence-electron chi connectivity index (χ3n) is 2.13. The molecule has 1 aliphatic rings. The second-order valence-corrected chi connectivity index (χ2v) is 6.21. The molecule has 0 saturated carbocycles. The molecule has 0 aromatic rings. The minimum absolute atomic E-state index is 0.105. The quantitative estimate of drug-likeness (QED) is 0.418. The second-order valence-electron chi connectivity index (χ2n) is 4.77. The first-order valence-corrected chi connectivity index (χ1v) is 7.10. The molecule has 6 heteroatoms. The van der Waals surface area contributed by atoms with Crippen molar-refractivity contribution in [2.24, 2.45) is 5.41 Å². The summed E-state index contributed by atoms with van der Waals surface area (Å²) in [5, 5.41) is 0. The van der Waals surface area contributed by atoms with Gasteiger partial charge in [0, 0.05) is 18.8 Å². The first kappa shape index (κ1) is 14.8. The summed E-state index contributed by atoms with van der Waals surface area (Å²) in [6.45, 7) is 8.02. The van der Waals surface area contributed by atoms with E-state index in [9.17, 15) is 4.79 Å². The monoisotopic (exact) mass is 264 g/mol. The standard InChI is InChI=1S/C11H21O5P/c1-10(12)14-6-4-5-13-9-17-15-7-11(2,3)8-16-17/h4-9H2,1-3H3. The van der Waals surface area contributed by atoms with Crippen molar-refractivity contribution in [2.45, 2.75) is 27.2 Å². The van der Waals surface area contributed by atoms with Gasteiger partial charge in [-0.05, 0) is 0 Å². The van der Waals surface area contributed by atoms with Crippen molar-refractivity contribution in [1.29, 1.82) is 0 Å². The first-order chi connectivity index (χ1) is 7.99. The van der Waals surface area contributed by atoms with Crippen molar-refractivity contribution < 1.29 is 23.3 Å². The van der Waals surface area contributed by atoms with Crippen LogP contribution in [0.4, 0.5) is 0 Å². The van der Waals surface area contributed by atoms with Crippen LogP contribution in [-0.4, -0.2) is 38.7 Å². The molecular weight excluding hydrogens is 243 g/mol. The molecule has 1 aliphatic heterocycles. The van der Waals surface area contributed by atoms with Gasteiger partial charge in [-0.2, -0.15) is 0 Å². The predicted octanol–water partition coefficient (Wildman–Crippen LogP) is 2.30. The van der Waals surface area contributed by atoms with E-state index in [2.05, 4.69) is 13.8 Å². The highest BCUT2D eigenvalue weighted by Gasteiger charge is 2.28. The highest BCUT2D eigenvalue weighted by molar-refractivity contribution is 7.47. The zero-order valence-corrected chi connectivity index (χ0v) is 11.6. The Morgan fingerprint density at radius 1 is 1.29 bits per heavy atom. The van der Waals surface area contributed by atoms with E-state index in [1.165, 1.54) is 6.92 Å². The Balaban J connectivity index is 1.95. The molecule has 0 radical (unpaired) electrons. The maximum Gasteiger partial charge on any atom is 0.302 e. The summed E-state index contributed by atoms with van der Waals surface area (Å²) in [4.78, 5) is 10.5. The minimum atomic E-state index is -0.893. The van der Waals surface area contributed by atoms with Gasteiger partial charge in [0.15, 0.2) is 8.38 Å². The average molecular weight is 264 g/mol. The van der Waals surface area contributed by atoms with Crippen molar-refractivity contribution in [3.05, 3.63) is 0 Å². The molecule has 1 saturated heterocycles. The average Bonchev–Trinajstić information content (AvgIpc) is 2.25. The summed E-state index contributed by atoms with van der Waals surface area (Å²) in [7, 11) is -0.893. The van der Waals surface area contributed by atoms with Crippen LogP contribution in [0, 0.1) is 5.41 Å². The molecule has 5 nitrogen and oxygen atoms in total. The van der Waals surface area contributed by atoms with Crippen LogP contribution in [0.15, 0.2) is 0 Å². The summed E-state index contributed by atoms with van der Waals surface area (Å²) in [6.07, 6.45) is 1.19. The first-order valence-electron chi connectivity index (χ1n) is 5.74. The van der Waals surface area contributed by atoms with E-state index in [1.807, 2.05) is 0 Å². The molecular formula is C11H21O5P. The number of rotatable bonds is 6. The molecule has 0 aromatic carbocycles. The highest BCUT2D eigenvalue weighted by Crippen LogP contribution is 2.45. The van der Waals surface area contributed by atoms with Gasteiger partial charge < -0.3 is 18.5 Å². The zero-order chi connectivity index (χ0) is 12.7. The highest BCUT2D eigenvalue weighted by atomic mass is 31.2. The van der Waals surface area contributed by atoms with E-state index in [0.717, 1.165) is 13.2 Å². The molecule has 0 bridgehead atoms. The molecule has 0 amide bonds. The lowest BCUT2D eigenvalue weighted by molar-refractivity contribution is -0.141. The molecule has 0 aliphatic carbocycles. The van der Waals surface area contributed by atoms with Gasteiger partial charge in [-0.15, -0.1) is 0 Å². The van der Waals surface area contributed by atoms with E-state index in [-0.39, 0.29) is 11.4 Å². The van der Waals surface area contributed by atoms with Crippen molar-refractivity contribution >= 4 is 14.3 Å². The van der Waals surface area contributed by atoms with Gasteiger partial charge in [-0.1, -0.05) is 13.8 Å². The fourth-order valence-electron chi connectivity index (χ4n) is 1.16. The third-order valence-corrected chi connectivity index (χ3v) is 3.36. The lowest BCUT2D eigenvalue weighted by atomic mass is 9.97. The number of carbonyl (C=O) groups excluding carboxylic acids is 1. The summed E-state index contributed by atoms with van der Waals surface area (Å²) in [6, 6.07) is 0. The molecule has 1 heterocycles. The normalized spacial score (nSPS) is 20.2. The summed E-state index contributed by atoms with van der Waals surface area (Å²) in [5.41, 5.74) is 0.105. The topological polar surface area (TPSA) is 54.0 Å². The number of esters is 1. The van der Waals surface area contributed by atoms with Gasteiger partial charge in [0.2, 0.25) is 0 Å². The smallest absolute Gasteiger partial charge is 0.302 e. The number of carbonyl (C=O) groups is 1. The summed E-state index contributed by atoms with van der Waals surface area (Å²) >= 11 is 0. The maximum atomic E-state index is 10.5. The number of hydrogen-bond donors (Lipinski definition) is 0. The second kappa shape index (κ2) is 7.27. The molecule has 0 aromatic heterocycles. The van der Waals surface area contributed by atoms with E-state index >= 15 is 0 Å². The van der Waals surface area contributed by atoms with Gasteiger partial charge in [-0.3, -0.25) is 4.79 Å². The van der Waals surface area contributed by atoms with E-state index in [4.69, 9.17) is 18.5 Å². The van der Waals surface area contributed by atoms with E-state index in [0.29, 0.717) is 26.0 Å². The summed E-state index contributed by atoms with van der Waals surface area (Å²) < 4.78 is 21.3. The van der Waals surface area contributed by atoms with Crippen LogP contribution in [0.5, 0.6) is 0 Å². The largest absolute Gasteiger partial charge is 0.466 e. The van der Waals surface area contributed by atoms with Crippen molar-refractivity contribution in [2.75, 3.05) is 32.8 Å².